The number of anilines is 1. The standard InChI is InChI=1S/C22H22N2O2S/c1-24-20(25)13-17(14-7-9-16(23)10-8-14)21(24)22(26)19-12-11-18(27-19)15-5-3-2-4-6-15/h2-12,17,21-22,26H,13,23H2,1H3/t17-,21-,22+/m1/s1. The number of carbonyl (C=O) groups is 1. The predicted octanol–water partition coefficient (Wildman–Crippen LogP) is 4.05. The van der Waals surface area contributed by atoms with E-state index in [0.717, 1.165) is 20.9 Å². The third kappa shape index (κ3) is 3.36. The fourth-order valence-electron chi connectivity index (χ4n) is 3.82. The Balaban J connectivity index is 1.64. The maximum atomic E-state index is 12.4. The zero-order valence-corrected chi connectivity index (χ0v) is 15.9. The van der Waals surface area contributed by atoms with Gasteiger partial charge >= 0.3 is 0 Å². The first kappa shape index (κ1) is 17.8. The number of aliphatic hydroxyl groups is 1. The number of likely N-dealkylation sites (N-methyl/N-ethyl adjacent to an activating group) is 1. The number of hydrogen-bond acceptors (Lipinski definition) is 4. The average molecular weight is 378 g/mol. The van der Waals surface area contributed by atoms with Gasteiger partial charge in [0.25, 0.3) is 0 Å². The van der Waals surface area contributed by atoms with E-state index in [0.29, 0.717) is 12.1 Å². The Labute approximate surface area is 162 Å². The molecule has 2 aromatic carbocycles. The molecular weight excluding hydrogens is 356 g/mol. The molecule has 1 aromatic heterocycles. The van der Waals surface area contributed by atoms with Crippen LogP contribution in [0.15, 0.2) is 66.7 Å². The van der Waals surface area contributed by atoms with Gasteiger partial charge in [-0.2, -0.15) is 0 Å². The minimum atomic E-state index is -0.730. The fourth-order valence-corrected chi connectivity index (χ4v) is 4.86. The molecule has 1 fully saturated rings. The summed E-state index contributed by atoms with van der Waals surface area (Å²) in [6.07, 6.45) is -0.328. The van der Waals surface area contributed by atoms with Crippen molar-refractivity contribution in [3.05, 3.63) is 77.2 Å². The average Bonchev–Trinajstić information content (AvgIpc) is 3.29. The van der Waals surface area contributed by atoms with Gasteiger partial charge in [-0.3, -0.25) is 4.79 Å². The first-order chi connectivity index (χ1) is 13.0. The predicted molar refractivity (Wildman–Crippen MR) is 109 cm³/mol. The Hall–Kier alpha value is -2.63. The first-order valence-electron chi connectivity index (χ1n) is 8.99. The van der Waals surface area contributed by atoms with Gasteiger partial charge in [0.05, 0.1) is 6.04 Å². The van der Waals surface area contributed by atoms with Crippen LogP contribution < -0.4 is 5.73 Å². The smallest absolute Gasteiger partial charge is 0.223 e. The molecule has 1 aliphatic heterocycles. The summed E-state index contributed by atoms with van der Waals surface area (Å²) in [6.45, 7) is 0. The van der Waals surface area contributed by atoms with Crippen molar-refractivity contribution in [2.24, 2.45) is 0 Å². The summed E-state index contributed by atoms with van der Waals surface area (Å²) in [4.78, 5) is 16.1. The lowest BCUT2D eigenvalue weighted by molar-refractivity contribution is -0.128. The number of thiophene rings is 1. The molecular formula is C22H22N2O2S. The van der Waals surface area contributed by atoms with E-state index in [-0.39, 0.29) is 17.9 Å². The van der Waals surface area contributed by atoms with Crippen molar-refractivity contribution in [2.45, 2.75) is 24.5 Å². The Morgan fingerprint density at radius 2 is 1.78 bits per heavy atom. The van der Waals surface area contributed by atoms with Crippen molar-refractivity contribution in [2.75, 3.05) is 12.8 Å². The molecule has 0 aliphatic carbocycles. The molecule has 27 heavy (non-hydrogen) atoms. The molecule has 0 unspecified atom stereocenters. The number of amides is 1. The number of hydrogen-bond donors (Lipinski definition) is 2. The molecule has 3 aromatic rings. The van der Waals surface area contributed by atoms with Gasteiger partial charge in [0, 0.05) is 34.8 Å². The Bertz CT molecular complexity index is 936. The van der Waals surface area contributed by atoms with E-state index in [1.165, 1.54) is 0 Å². The van der Waals surface area contributed by atoms with Gasteiger partial charge in [-0.25, -0.2) is 0 Å². The van der Waals surface area contributed by atoms with Crippen LogP contribution in [0.5, 0.6) is 0 Å². The van der Waals surface area contributed by atoms with Gasteiger partial charge in [0.15, 0.2) is 0 Å². The van der Waals surface area contributed by atoms with Crippen molar-refractivity contribution in [3.8, 4) is 10.4 Å². The molecule has 1 saturated heterocycles. The normalized spacial score (nSPS) is 20.8. The van der Waals surface area contributed by atoms with Crippen LogP contribution in [0.25, 0.3) is 10.4 Å². The van der Waals surface area contributed by atoms with Crippen LogP contribution in [0.2, 0.25) is 0 Å². The quantitative estimate of drug-likeness (QED) is 0.673. The van der Waals surface area contributed by atoms with Gasteiger partial charge in [0.1, 0.15) is 6.10 Å². The number of rotatable bonds is 4. The molecule has 0 saturated carbocycles. The monoisotopic (exact) mass is 378 g/mol. The van der Waals surface area contributed by atoms with Crippen LogP contribution >= 0.6 is 11.3 Å². The van der Waals surface area contributed by atoms with Crippen LogP contribution in [-0.4, -0.2) is 29.0 Å². The number of aliphatic hydroxyl groups excluding tert-OH is 1. The first-order valence-corrected chi connectivity index (χ1v) is 9.80. The van der Waals surface area contributed by atoms with Crippen LogP contribution in [0.1, 0.15) is 28.9 Å². The molecule has 4 rings (SSSR count). The highest BCUT2D eigenvalue weighted by Crippen LogP contribution is 2.42. The lowest BCUT2D eigenvalue weighted by Gasteiger charge is -2.29. The van der Waals surface area contributed by atoms with Crippen molar-refractivity contribution in [1.82, 2.24) is 4.90 Å². The lowest BCUT2D eigenvalue weighted by atomic mass is 9.88. The summed E-state index contributed by atoms with van der Waals surface area (Å²) in [5.74, 6) is 0.00101. The minimum absolute atomic E-state index is 0.0552. The van der Waals surface area contributed by atoms with Crippen LogP contribution in [0.3, 0.4) is 0 Å². The second-order valence-corrected chi connectivity index (χ2v) is 8.10. The van der Waals surface area contributed by atoms with E-state index < -0.39 is 6.10 Å². The molecule has 1 amide bonds. The highest BCUT2D eigenvalue weighted by Gasteiger charge is 2.43. The van der Waals surface area contributed by atoms with Gasteiger partial charge in [0.2, 0.25) is 5.91 Å². The Morgan fingerprint density at radius 3 is 2.48 bits per heavy atom. The highest BCUT2D eigenvalue weighted by molar-refractivity contribution is 7.15. The second kappa shape index (κ2) is 7.18. The number of likely N-dealkylation sites (tertiary alicyclic amines) is 1. The Kier molecular flexibility index (Phi) is 4.72. The van der Waals surface area contributed by atoms with Crippen LogP contribution in [0.4, 0.5) is 5.69 Å². The van der Waals surface area contributed by atoms with Crippen molar-refractivity contribution < 1.29 is 9.90 Å². The maximum absolute atomic E-state index is 12.4. The van der Waals surface area contributed by atoms with Crippen molar-refractivity contribution >= 4 is 22.9 Å². The zero-order valence-electron chi connectivity index (χ0n) is 15.1. The summed E-state index contributed by atoms with van der Waals surface area (Å²) < 4.78 is 0. The Morgan fingerprint density at radius 1 is 1.07 bits per heavy atom. The summed E-state index contributed by atoms with van der Waals surface area (Å²) >= 11 is 1.58. The lowest BCUT2D eigenvalue weighted by Crippen LogP contribution is -2.36. The summed E-state index contributed by atoms with van der Waals surface area (Å²) in [7, 11) is 1.78. The molecule has 138 valence electrons. The topological polar surface area (TPSA) is 66.6 Å². The zero-order chi connectivity index (χ0) is 19.0. The fraction of sp³-hybridized carbons (Fsp3) is 0.227. The van der Waals surface area contributed by atoms with Gasteiger partial charge in [-0.1, -0.05) is 42.5 Å². The summed E-state index contributed by atoms with van der Waals surface area (Å²) in [6, 6.07) is 21.4. The second-order valence-electron chi connectivity index (χ2n) is 6.99. The molecule has 4 nitrogen and oxygen atoms in total. The number of nitrogens with two attached hydrogens (primary N) is 1. The largest absolute Gasteiger partial charge is 0.399 e. The van der Waals surface area contributed by atoms with Crippen molar-refractivity contribution in [3.63, 3.8) is 0 Å². The molecule has 3 atom stereocenters. The number of benzene rings is 2. The van der Waals surface area contributed by atoms with E-state index >= 15 is 0 Å². The van der Waals surface area contributed by atoms with Crippen LogP contribution in [-0.2, 0) is 4.79 Å². The van der Waals surface area contributed by atoms with E-state index in [1.54, 1.807) is 23.3 Å². The molecule has 0 spiro atoms. The van der Waals surface area contributed by atoms with E-state index in [9.17, 15) is 9.90 Å². The van der Waals surface area contributed by atoms with E-state index in [1.807, 2.05) is 54.6 Å². The van der Waals surface area contributed by atoms with Gasteiger partial charge in [-0.15, -0.1) is 11.3 Å². The number of nitrogen functional groups attached to an aromatic ring is 1. The van der Waals surface area contributed by atoms with E-state index in [2.05, 4.69) is 12.1 Å². The summed E-state index contributed by atoms with van der Waals surface area (Å²) in [5.41, 5.74) is 8.66. The third-order valence-corrected chi connectivity index (χ3v) is 6.52. The summed E-state index contributed by atoms with van der Waals surface area (Å²) in [5, 5.41) is 11.1. The highest BCUT2D eigenvalue weighted by atomic mass is 32.1. The van der Waals surface area contributed by atoms with Gasteiger partial charge in [-0.05, 0) is 35.4 Å². The van der Waals surface area contributed by atoms with Gasteiger partial charge < -0.3 is 15.7 Å². The van der Waals surface area contributed by atoms with Crippen LogP contribution in [0, 0.1) is 0 Å². The van der Waals surface area contributed by atoms with E-state index in [4.69, 9.17) is 5.73 Å². The molecule has 0 bridgehead atoms. The maximum Gasteiger partial charge on any atom is 0.223 e. The molecule has 1 aliphatic rings. The third-order valence-electron chi connectivity index (χ3n) is 5.31. The van der Waals surface area contributed by atoms with Crippen molar-refractivity contribution in [1.29, 1.82) is 0 Å². The number of nitrogens with zero attached hydrogens (tertiary/aromatic N) is 1. The molecule has 5 heteroatoms. The molecule has 2 heterocycles. The number of carbonyl (C=O) groups excluding carboxylic acids is 1. The molecule has 3 N–H and O–H groups in total. The molecule has 0 radical (unpaired) electrons. The minimum Gasteiger partial charge on any atom is -0.399 e. The SMILES string of the molecule is CN1C(=O)C[C@H](c2ccc(N)cc2)[C@@H]1[C@@H](O)c1ccc(-c2ccccc2)s1.